The van der Waals surface area contributed by atoms with Crippen molar-refractivity contribution < 1.29 is 4.79 Å². The molecule has 0 aliphatic carbocycles. The lowest BCUT2D eigenvalue weighted by molar-refractivity contribution is 0.206. The first-order chi connectivity index (χ1) is 10.5. The van der Waals surface area contributed by atoms with E-state index in [4.69, 9.17) is 0 Å². The van der Waals surface area contributed by atoms with Gasteiger partial charge in [0.05, 0.1) is 16.7 Å². The molecule has 2 aromatic rings. The second-order valence-electron chi connectivity index (χ2n) is 5.80. The van der Waals surface area contributed by atoms with E-state index < -0.39 is 0 Å². The lowest BCUT2D eigenvalue weighted by atomic mass is 10.2. The predicted octanol–water partition coefficient (Wildman–Crippen LogP) is 4.40. The van der Waals surface area contributed by atoms with Crippen LogP contribution < -0.4 is 5.32 Å². The molecule has 0 spiro atoms. The minimum atomic E-state index is -0.0715. The summed E-state index contributed by atoms with van der Waals surface area (Å²) in [6.07, 6.45) is 3.84. The first-order valence-electron chi connectivity index (χ1n) is 7.50. The summed E-state index contributed by atoms with van der Waals surface area (Å²) in [5.74, 6) is 0.431. The average molecular weight is 336 g/mol. The summed E-state index contributed by atoms with van der Waals surface area (Å²) in [6.45, 7) is 7.02. The van der Waals surface area contributed by atoms with Gasteiger partial charge in [0, 0.05) is 23.0 Å². The van der Waals surface area contributed by atoms with Gasteiger partial charge in [-0.3, -0.25) is 5.32 Å². The molecule has 118 valence electrons. The van der Waals surface area contributed by atoms with Gasteiger partial charge in [-0.2, -0.15) is 0 Å². The van der Waals surface area contributed by atoms with Crippen molar-refractivity contribution in [1.29, 1.82) is 0 Å². The van der Waals surface area contributed by atoms with Crippen molar-refractivity contribution in [3.8, 4) is 0 Å². The molecule has 3 heterocycles. The van der Waals surface area contributed by atoms with E-state index in [0.29, 0.717) is 11.0 Å². The van der Waals surface area contributed by atoms with Crippen LogP contribution in [0.4, 0.5) is 9.93 Å². The normalized spacial score (nSPS) is 18.2. The number of amides is 2. The first kappa shape index (κ1) is 15.4. The molecular formula is C15H20N4OS2. The summed E-state index contributed by atoms with van der Waals surface area (Å²) < 4.78 is 0. The largest absolute Gasteiger partial charge is 0.324 e. The summed E-state index contributed by atoms with van der Waals surface area (Å²) in [6, 6.07) is 0.0206. The van der Waals surface area contributed by atoms with Crippen LogP contribution in [0.5, 0.6) is 0 Å². The van der Waals surface area contributed by atoms with E-state index in [1.165, 1.54) is 4.88 Å². The van der Waals surface area contributed by atoms with E-state index in [-0.39, 0.29) is 12.1 Å². The smallest absolute Gasteiger partial charge is 0.316 e. The zero-order valence-corrected chi connectivity index (χ0v) is 14.6. The summed E-state index contributed by atoms with van der Waals surface area (Å²) >= 11 is 3.18. The number of carbonyl (C=O) groups excluding carboxylic acids is 1. The molecule has 5 nitrogen and oxygen atoms in total. The average Bonchev–Trinajstić information content (AvgIpc) is 3.16. The number of carbonyl (C=O) groups is 1. The van der Waals surface area contributed by atoms with Crippen LogP contribution >= 0.6 is 22.7 Å². The lowest BCUT2D eigenvalue weighted by Gasteiger charge is -2.23. The second kappa shape index (κ2) is 6.34. The Bertz CT molecular complexity index is 664. The molecule has 1 aliphatic rings. The monoisotopic (exact) mass is 336 g/mol. The number of hydrogen-bond donors (Lipinski definition) is 1. The number of likely N-dealkylation sites (tertiary alicyclic amines) is 1. The van der Waals surface area contributed by atoms with Crippen LogP contribution in [0.2, 0.25) is 0 Å². The number of aromatic nitrogens is 2. The van der Waals surface area contributed by atoms with Gasteiger partial charge in [-0.1, -0.05) is 13.8 Å². The van der Waals surface area contributed by atoms with Crippen molar-refractivity contribution in [3.63, 3.8) is 0 Å². The zero-order chi connectivity index (χ0) is 15.7. The number of aryl methyl sites for hydroxylation is 1. The van der Waals surface area contributed by atoms with Crippen LogP contribution in [0.3, 0.4) is 0 Å². The van der Waals surface area contributed by atoms with Crippen LogP contribution in [0, 0.1) is 6.92 Å². The maximum Gasteiger partial charge on any atom is 0.324 e. The van der Waals surface area contributed by atoms with Crippen LogP contribution in [0.25, 0.3) is 0 Å². The molecule has 1 N–H and O–H groups in total. The number of nitrogens with zero attached hydrogens (tertiary/aromatic N) is 3. The van der Waals surface area contributed by atoms with E-state index in [1.807, 2.05) is 18.0 Å². The molecule has 7 heteroatoms. The van der Waals surface area contributed by atoms with Crippen LogP contribution in [-0.2, 0) is 0 Å². The van der Waals surface area contributed by atoms with Crippen LogP contribution in [-0.4, -0.2) is 27.4 Å². The molecule has 2 aromatic heterocycles. The minimum Gasteiger partial charge on any atom is -0.316 e. The summed E-state index contributed by atoms with van der Waals surface area (Å²) in [5.41, 5.74) is 1.01. The molecule has 1 fully saturated rings. The van der Waals surface area contributed by atoms with Crippen molar-refractivity contribution in [3.05, 3.63) is 27.2 Å². The molecule has 3 rings (SSSR count). The highest BCUT2D eigenvalue weighted by Gasteiger charge is 2.31. The lowest BCUT2D eigenvalue weighted by Crippen LogP contribution is -2.34. The fraction of sp³-hybridized carbons (Fsp3) is 0.533. The topological polar surface area (TPSA) is 58.1 Å². The van der Waals surface area contributed by atoms with Crippen LogP contribution in [0.1, 0.15) is 54.2 Å². The summed E-state index contributed by atoms with van der Waals surface area (Å²) in [4.78, 5) is 24.4. The van der Waals surface area contributed by atoms with Crippen molar-refractivity contribution in [1.82, 2.24) is 14.9 Å². The molecule has 0 saturated carbocycles. The van der Waals surface area contributed by atoms with Crippen molar-refractivity contribution in [2.45, 2.75) is 45.6 Å². The Labute approximate surface area is 138 Å². The zero-order valence-electron chi connectivity index (χ0n) is 13.0. The third kappa shape index (κ3) is 3.15. The highest BCUT2D eigenvalue weighted by atomic mass is 32.1. The van der Waals surface area contributed by atoms with E-state index in [1.54, 1.807) is 22.7 Å². The molecule has 1 atom stereocenters. The number of thiazole rings is 2. The SMILES string of the molecule is Cc1nc([C@H]2CCCN2C(=O)Nc2ncc(C(C)C)s2)cs1. The quantitative estimate of drug-likeness (QED) is 0.903. The van der Waals surface area contributed by atoms with Crippen LogP contribution in [0.15, 0.2) is 11.6 Å². The molecule has 0 aromatic carbocycles. The van der Waals surface area contributed by atoms with Gasteiger partial charge in [-0.15, -0.1) is 22.7 Å². The molecule has 22 heavy (non-hydrogen) atoms. The molecule has 0 radical (unpaired) electrons. The highest BCUT2D eigenvalue weighted by Crippen LogP contribution is 2.33. The van der Waals surface area contributed by atoms with Gasteiger partial charge >= 0.3 is 6.03 Å². The Kier molecular flexibility index (Phi) is 4.44. The van der Waals surface area contributed by atoms with E-state index in [2.05, 4.69) is 34.5 Å². The van der Waals surface area contributed by atoms with Crippen molar-refractivity contribution in [2.24, 2.45) is 0 Å². The van der Waals surface area contributed by atoms with Crippen molar-refractivity contribution in [2.75, 3.05) is 11.9 Å². The van der Waals surface area contributed by atoms with E-state index in [0.717, 1.165) is 30.1 Å². The number of rotatable bonds is 3. The summed E-state index contributed by atoms with van der Waals surface area (Å²) in [7, 11) is 0. The standard InChI is InChI=1S/C15H20N4OS2/c1-9(2)13-7-16-14(22-13)18-15(20)19-6-4-5-12(19)11-8-21-10(3)17-11/h7-9,12H,4-6H2,1-3H3,(H,16,18,20)/t12-/m1/s1. The van der Waals surface area contributed by atoms with Crippen molar-refractivity contribution >= 4 is 33.8 Å². The molecule has 0 bridgehead atoms. The second-order valence-corrected chi connectivity index (χ2v) is 7.92. The maximum atomic E-state index is 12.5. The molecule has 1 saturated heterocycles. The molecule has 2 amide bonds. The van der Waals surface area contributed by atoms with Gasteiger partial charge in [0.25, 0.3) is 0 Å². The maximum absolute atomic E-state index is 12.5. The number of urea groups is 1. The van der Waals surface area contributed by atoms with Gasteiger partial charge in [-0.25, -0.2) is 14.8 Å². The molecule has 0 unspecified atom stereocenters. The van der Waals surface area contributed by atoms with Gasteiger partial charge in [0.1, 0.15) is 0 Å². The highest BCUT2D eigenvalue weighted by molar-refractivity contribution is 7.15. The molecular weight excluding hydrogens is 316 g/mol. The third-order valence-electron chi connectivity index (χ3n) is 3.80. The van der Waals surface area contributed by atoms with Gasteiger partial charge in [0.15, 0.2) is 5.13 Å². The Morgan fingerprint density at radius 3 is 2.95 bits per heavy atom. The van der Waals surface area contributed by atoms with E-state index in [9.17, 15) is 4.79 Å². The Morgan fingerprint density at radius 2 is 2.32 bits per heavy atom. The Morgan fingerprint density at radius 1 is 1.50 bits per heavy atom. The van der Waals surface area contributed by atoms with Gasteiger partial charge in [-0.05, 0) is 25.7 Å². The number of anilines is 1. The Balaban J connectivity index is 1.70. The number of hydrogen-bond acceptors (Lipinski definition) is 5. The fourth-order valence-corrected chi connectivity index (χ4v) is 4.09. The van der Waals surface area contributed by atoms with Gasteiger partial charge < -0.3 is 4.90 Å². The Hall–Kier alpha value is -1.47. The number of nitrogens with one attached hydrogen (secondary N) is 1. The minimum absolute atomic E-state index is 0.0715. The van der Waals surface area contributed by atoms with Gasteiger partial charge in [0.2, 0.25) is 0 Å². The predicted molar refractivity (Wildman–Crippen MR) is 90.8 cm³/mol. The summed E-state index contributed by atoms with van der Waals surface area (Å²) in [5, 5.41) is 6.72. The first-order valence-corrected chi connectivity index (χ1v) is 9.19. The third-order valence-corrected chi connectivity index (χ3v) is 5.80. The molecule has 1 aliphatic heterocycles. The van der Waals surface area contributed by atoms with E-state index >= 15 is 0 Å². The fourth-order valence-electron chi connectivity index (χ4n) is 2.63.